The van der Waals surface area contributed by atoms with E-state index in [-0.39, 0.29) is 12.1 Å². The van der Waals surface area contributed by atoms with Crippen LogP contribution in [0.25, 0.3) is 22.0 Å². The Bertz CT molecular complexity index is 1140. The van der Waals surface area contributed by atoms with Gasteiger partial charge in [0.05, 0.1) is 17.1 Å². The van der Waals surface area contributed by atoms with Crippen LogP contribution < -0.4 is 16.8 Å². The Balaban J connectivity index is 1.87. The second-order valence-corrected chi connectivity index (χ2v) is 7.69. The van der Waals surface area contributed by atoms with Gasteiger partial charge in [-0.2, -0.15) is 11.3 Å². The van der Waals surface area contributed by atoms with Crippen molar-refractivity contribution < 1.29 is 4.79 Å². The molecule has 0 radical (unpaired) electrons. The standard InChI is InChI=1S/C22H21N5OS/c1-13(23)19(14-5-3-2-4-6-14)27-22-18-10-16(15-7-8-29-11-15)9-17(21(24)28)20(18)25-12-26-22/h2-13,19H,23H2,1H3,(H2,24,28)(H,25,26,27). The number of fused-ring (bicyclic) bond motifs is 1. The molecule has 0 aliphatic carbocycles. The lowest BCUT2D eigenvalue weighted by Gasteiger charge is -2.24. The Kier molecular flexibility index (Phi) is 5.24. The van der Waals surface area contributed by atoms with E-state index in [4.69, 9.17) is 11.5 Å². The summed E-state index contributed by atoms with van der Waals surface area (Å²) in [4.78, 5) is 20.9. The highest BCUT2D eigenvalue weighted by Gasteiger charge is 2.20. The largest absolute Gasteiger partial charge is 0.366 e. The molecule has 0 saturated carbocycles. The molecule has 0 aliphatic heterocycles. The van der Waals surface area contributed by atoms with Gasteiger partial charge in [-0.05, 0) is 52.6 Å². The summed E-state index contributed by atoms with van der Waals surface area (Å²) in [7, 11) is 0. The molecule has 2 heterocycles. The van der Waals surface area contributed by atoms with E-state index in [1.807, 2.05) is 60.1 Å². The number of benzene rings is 2. The van der Waals surface area contributed by atoms with Crippen molar-refractivity contribution in [2.24, 2.45) is 11.5 Å². The number of aromatic nitrogens is 2. The Morgan fingerprint density at radius 1 is 1.10 bits per heavy atom. The molecule has 5 N–H and O–H groups in total. The average Bonchev–Trinajstić information content (AvgIpc) is 3.26. The third-order valence-electron chi connectivity index (χ3n) is 4.84. The normalized spacial score (nSPS) is 13.2. The van der Waals surface area contributed by atoms with Crippen LogP contribution in [0.15, 0.2) is 65.6 Å². The van der Waals surface area contributed by atoms with Crippen LogP contribution in [0.4, 0.5) is 5.82 Å². The van der Waals surface area contributed by atoms with Crippen LogP contribution in [0.5, 0.6) is 0 Å². The van der Waals surface area contributed by atoms with Gasteiger partial charge in [-0.15, -0.1) is 0 Å². The fourth-order valence-corrected chi connectivity index (χ4v) is 4.06. The molecule has 2 aromatic heterocycles. The molecule has 6 nitrogen and oxygen atoms in total. The smallest absolute Gasteiger partial charge is 0.250 e. The lowest BCUT2D eigenvalue weighted by molar-refractivity contribution is 0.100. The summed E-state index contributed by atoms with van der Waals surface area (Å²) < 4.78 is 0. The number of nitrogens with two attached hydrogens (primary N) is 2. The second kappa shape index (κ2) is 7.98. The minimum atomic E-state index is -0.525. The van der Waals surface area contributed by atoms with Crippen molar-refractivity contribution in [1.82, 2.24) is 9.97 Å². The number of nitrogens with zero attached hydrogens (tertiary/aromatic N) is 2. The van der Waals surface area contributed by atoms with Crippen molar-refractivity contribution in [3.05, 3.63) is 76.7 Å². The molecule has 0 aliphatic rings. The van der Waals surface area contributed by atoms with Crippen molar-refractivity contribution >= 4 is 34.0 Å². The molecule has 2 atom stereocenters. The fourth-order valence-electron chi connectivity index (χ4n) is 3.39. The zero-order chi connectivity index (χ0) is 20.4. The van der Waals surface area contributed by atoms with E-state index in [1.54, 1.807) is 17.4 Å². The van der Waals surface area contributed by atoms with Crippen molar-refractivity contribution in [3.63, 3.8) is 0 Å². The first-order chi connectivity index (χ1) is 14.0. The average molecular weight is 404 g/mol. The van der Waals surface area contributed by atoms with E-state index in [0.29, 0.717) is 16.9 Å². The maximum atomic E-state index is 12.1. The fraction of sp³-hybridized carbons (Fsp3) is 0.136. The van der Waals surface area contributed by atoms with Gasteiger partial charge in [0.25, 0.3) is 5.91 Å². The number of hydrogen-bond acceptors (Lipinski definition) is 6. The van der Waals surface area contributed by atoms with E-state index < -0.39 is 5.91 Å². The van der Waals surface area contributed by atoms with Crippen LogP contribution >= 0.6 is 11.3 Å². The number of rotatable bonds is 6. The number of carbonyl (C=O) groups excluding carboxylic acids is 1. The van der Waals surface area contributed by atoms with E-state index in [0.717, 1.165) is 22.1 Å². The van der Waals surface area contributed by atoms with Gasteiger partial charge < -0.3 is 16.8 Å². The van der Waals surface area contributed by atoms with Crippen molar-refractivity contribution in [2.75, 3.05) is 5.32 Å². The number of thiophene rings is 1. The Labute approximate surface area is 172 Å². The highest BCUT2D eigenvalue weighted by molar-refractivity contribution is 7.08. The zero-order valence-corrected chi connectivity index (χ0v) is 16.7. The summed E-state index contributed by atoms with van der Waals surface area (Å²) in [6.45, 7) is 1.94. The molecule has 0 bridgehead atoms. The molecule has 1 amide bonds. The van der Waals surface area contributed by atoms with Crippen LogP contribution in [-0.4, -0.2) is 21.9 Å². The molecule has 2 aromatic carbocycles. The topological polar surface area (TPSA) is 107 Å². The Morgan fingerprint density at radius 2 is 1.90 bits per heavy atom. The predicted molar refractivity (Wildman–Crippen MR) is 118 cm³/mol. The molecule has 0 saturated heterocycles. The quantitative estimate of drug-likeness (QED) is 0.452. The van der Waals surface area contributed by atoms with Crippen molar-refractivity contribution in [3.8, 4) is 11.1 Å². The Morgan fingerprint density at radius 3 is 2.55 bits per heavy atom. The number of nitrogens with one attached hydrogen (secondary N) is 1. The first-order valence-electron chi connectivity index (χ1n) is 9.23. The van der Waals surface area contributed by atoms with E-state index in [9.17, 15) is 4.79 Å². The van der Waals surface area contributed by atoms with Gasteiger partial charge in [0.15, 0.2) is 0 Å². The molecule has 4 rings (SSSR count). The predicted octanol–water partition coefficient (Wildman–Crippen LogP) is 3.96. The number of hydrogen-bond donors (Lipinski definition) is 3. The van der Waals surface area contributed by atoms with Gasteiger partial charge in [0, 0.05) is 11.4 Å². The third-order valence-corrected chi connectivity index (χ3v) is 5.52. The van der Waals surface area contributed by atoms with Crippen molar-refractivity contribution in [1.29, 1.82) is 0 Å². The minimum Gasteiger partial charge on any atom is -0.366 e. The van der Waals surface area contributed by atoms with Crippen LogP contribution in [0.1, 0.15) is 28.9 Å². The van der Waals surface area contributed by atoms with Crippen LogP contribution in [0.2, 0.25) is 0 Å². The molecule has 0 fully saturated rings. The molecule has 146 valence electrons. The molecule has 4 aromatic rings. The van der Waals surface area contributed by atoms with Crippen molar-refractivity contribution in [2.45, 2.75) is 19.0 Å². The summed E-state index contributed by atoms with van der Waals surface area (Å²) >= 11 is 1.59. The molecule has 7 heteroatoms. The maximum Gasteiger partial charge on any atom is 0.250 e. The van der Waals surface area contributed by atoms with Crippen LogP contribution in [0, 0.1) is 0 Å². The van der Waals surface area contributed by atoms with E-state index in [1.165, 1.54) is 6.33 Å². The monoisotopic (exact) mass is 403 g/mol. The summed E-state index contributed by atoms with van der Waals surface area (Å²) in [5, 5.41) is 8.20. The van der Waals surface area contributed by atoms with Gasteiger partial charge in [0.2, 0.25) is 0 Å². The molecule has 29 heavy (non-hydrogen) atoms. The highest BCUT2D eigenvalue weighted by Crippen LogP contribution is 2.32. The first kappa shape index (κ1) is 19.0. The summed E-state index contributed by atoms with van der Waals surface area (Å²) in [6, 6.07) is 15.4. The molecular weight excluding hydrogens is 382 g/mol. The lowest BCUT2D eigenvalue weighted by Crippen LogP contribution is -2.30. The Hall–Kier alpha value is -3.29. The second-order valence-electron chi connectivity index (χ2n) is 6.91. The SMILES string of the molecule is CC(N)C(Nc1ncnc2c(C(N)=O)cc(-c3ccsc3)cc12)c1ccccc1. The van der Waals surface area contributed by atoms with Gasteiger partial charge in [0.1, 0.15) is 12.1 Å². The van der Waals surface area contributed by atoms with Gasteiger partial charge >= 0.3 is 0 Å². The van der Waals surface area contributed by atoms with Crippen LogP contribution in [-0.2, 0) is 0 Å². The van der Waals surface area contributed by atoms with E-state index >= 15 is 0 Å². The number of carbonyl (C=O) groups is 1. The molecular formula is C22H21N5OS. The zero-order valence-electron chi connectivity index (χ0n) is 15.9. The van der Waals surface area contributed by atoms with Crippen LogP contribution in [0.3, 0.4) is 0 Å². The van der Waals surface area contributed by atoms with Gasteiger partial charge in [-0.3, -0.25) is 4.79 Å². The summed E-state index contributed by atoms with van der Waals surface area (Å²) in [6.07, 6.45) is 1.44. The highest BCUT2D eigenvalue weighted by atomic mass is 32.1. The minimum absolute atomic E-state index is 0.156. The number of anilines is 1. The lowest BCUT2D eigenvalue weighted by atomic mass is 9.99. The van der Waals surface area contributed by atoms with E-state index in [2.05, 4.69) is 15.3 Å². The number of primary amides is 1. The summed E-state index contributed by atoms with van der Waals surface area (Å²) in [5.74, 6) is 0.0873. The molecule has 2 unspecified atom stereocenters. The summed E-state index contributed by atoms with van der Waals surface area (Å²) in [5.41, 5.74) is 15.8. The van der Waals surface area contributed by atoms with Gasteiger partial charge in [-0.1, -0.05) is 30.3 Å². The third kappa shape index (κ3) is 3.83. The number of amides is 1. The molecule has 0 spiro atoms. The van der Waals surface area contributed by atoms with Gasteiger partial charge in [-0.25, -0.2) is 9.97 Å². The first-order valence-corrected chi connectivity index (χ1v) is 10.2. The maximum absolute atomic E-state index is 12.1.